The first-order valence-electron chi connectivity index (χ1n) is 8.02. The van der Waals surface area contributed by atoms with E-state index < -0.39 is 31.4 Å². The lowest BCUT2D eigenvalue weighted by atomic mass is 10.2. The first kappa shape index (κ1) is 24.1. The van der Waals surface area contributed by atoms with Crippen molar-refractivity contribution in [2.45, 2.75) is 16.0 Å². The first-order chi connectivity index (χ1) is 12.9. The van der Waals surface area contributed by atoms with Crippen LogP contribution >= 0.6 is 0 Å². The number of halogens is 3. The van der Waals surface area contributed by atoms with E-state index in [2.05, 4.69) is 0 Å². The second-order valence-electron chi connectivity index (χ2n) is 5.55. The van der Waals surface area contributed by atoms with Gasteiger partial charge in [0, 0.05) is 13.1 Å². The molecule has 0 spiro atoms. The highest BCUT2D eigenvalue weighted by atomic mass is 32.2. The summed E-state index contributed by atoms with van der Waals surface area (Å²) in [7, 11) is -6.70. The number of alkyl halides is 3. The smallest absolute Gasteiger partial charge is 0.329 e. The van der Waals surface area contributed by atoms with Crippen LogP contribution < -0.4 is 11.5 Å². The van der Waals surface area contributed by atoms with E-state index in [1.165, 1.54) is 0 Å². The third kappa shape index (κ3) is 7.23. The number of rotatable bonds is 6. The maximum atomic E-state index is 12.2. The van der Waals surface area contributed by atoms with Crippen molar-refractivity contribution in [3.63, 3.8) is 0 Å². The molecule has 11 heteroatoms. The van der Waals surface area contributed by atoms with E-state index in [4.69, 9.17) is 11.5 Å². The molecule has 0 aliphatic carbocycles. The molecule has 0 aliphatic heterocycles. The Bertz CT molecular complexity index is 944. The van der Waals surface area contributed by atoms with Crippen molar-refractivity contribution >= 4 is 19.7 Å². The number of sulfone groups is 2. The summed E-state index contributed by atoms with van der Waals surface area (Å²) in [4.78, 5) is 0.196. The molecule has 0 unspecified atom stereocenters. The third-order valence-corrected chi connectivity index (χ3v) is 6.94. The molecule has 28 heavy (non-hydrogen) atoms. The summed E-state index contributed by atoms with van der Waals surface area (Å²) in [5.41, 5.74) is 9.39. The van der Waals surface area contributed by atoms with Crippen molar-refractivity contribution in [1.29, 1.82) is 0 Å². The van der Waals surface area contributed by atoms with Crippen LogP contribution in [0.15, 0.2) is 64.4 Å². The summed E-state index contributed by atoms with van der Waals surface area (Å²) in [5.74, 6) is -0.268. The lowest BCUT2D eigenvalue weighted by molar-refractivity contribution is -0.137. The Morgan fingerprint density at radius 2 is 1.07 bits per heavy atom. The largest absolute Gasteiger partial charge is 0.416 e. The van der Waals surface area contributed by atoms with E-state index in [-0.39, 0.29) is 29.5 Å². The molecule has 0 aromatic heterocycles. The zero-order chi connectivity index (χ0) is 21.4. The van der Waals surface area contributed by atoms with Gasteiger partial charge >= 0.3 is 6.18 Å². The van der Waals surface area contributed by atoms with Crippen LogP contribution in [0.2, 0.25) is 0 Å². The molecule has 2 rings (SSSR count). The molecule has 156 valence electrons. The topological polar surface area (TPSA) is 120 Å². The van der Waals surface area contributed by atoms with Gasteiger partial charge in [-0.15, -0.1) is 0 Å². The summed E-state index contributed by atoms with van der Waals surface area (Å²) in [6.07, 6.45) is -4.46. The SMILES string of the molecule is NCCS(=O)(=O)c1ccc(C(F)(F)F)cc1.NCCS(=O)(=O)c1ccccc1. The Hall–Kier alpha value is -1.95. The lowest BCUT2D eigenvalue weighted by Gasteiger charge is -2.07. The molecule has 0 bridgehead atoms. The van der Waals surface area contributed by atoms with Crippen molar-refractivity contribution in [2.75, 3.05) is 24.6 Å². The summed E-state index contributed by atoms with van der Waals surface area (Å²) in [5, 5.41) is 0. The molecule has 0 atom stereocenters. The van der Waals surface area contributed by atoms with Gasteiger partial charge in [0.2, 0.25) is 0 Å². The highest BCUT2D eigenvalue weighted by Gasteiger charge is 2.30. The summed E-state index contributed by atoms with van der Waals surface area (Å²) < 4.78 is 82.2. The van der Waals surface area contributed by atoms with Crippen LogP contribution in [0.3, 0.4) is 0 Å². The van der Waals surface area contributed by atoms with Gasteiger partial charge in [-0.2, -0.15) is 13.2 Å². The lowest BCUT2D eigenvalue weighted by Crippen LogP contribution is -2.16. The monoisotopic (exact) mass is 438 g/mol. The van der Waals surface area contributed by atoms with Gasteiger partial charge in [0.15, 0.2) is 19.7 Å². The van der Waals surface area contributed by atoms with Crippen LogP contribution in [0.25, 0.3) is 0 Å². The molecule has 2 aromatic carbocycles. The van der Waals surface area contributed by atoms with Crippen LogP contribution in [0.4, 0.5) is 13.2 Å². The Morgan fingerprint density at radius 1 is 0.679 bits per heavy atom. The zero-order valence-corrected chi connectivity index (χ0v) is 16.4. The average molecular weight is 438 g/mol. The fourth-order valence-electron chi connectivity index (χ4n) is 2.03. The minimum absolute atomic E-state index is 0.0109. The predicted molar refractivity (Wildman–Crippen MR) is 100 cm³/mol. The molecule has 0 saturated carbocycles. The second-order valence-corrected chi connectivity index (χ2v) is 9.77. The van der Waals surface area contributed by atoms with Gasteiger partial charge in [0.05, 0.1) is 26.9 Å². The number of hydrogen-bond acceptors (Lipinski definition) is 6. The van der Waals surface area contributed by atoms with Crippen LogP contribution in [0.5, 0.6) is 0 Å². The van der Waals surface area contributed by atoms with Crippen LogP contribution in [-0.4, -0.2) is 41.4 Å². The molecule has 4 N–H and O–H groups in total. The van der Waals surface area contributed by atoms with Crippen molar-refractivity contribution < 1.29 is 30.0 Å². The number of nitrogens with two attached hydrogens (primary N) is 2. The quantitative estimate of drug-likeness (QED) is 0.710. The van der Waals surface area contributed by atoms with Gasteiger partial charge in [-0.1, -0.05) is 18.2 Å². The fraction of sp³-hybridized carbons (Fsp3) is 0.294. The third-order valence-electron chi connectivity index (χ3n) is 3.42. The minimum Gasteiger partial charge on any atom is -0.329 e. The second kappa shape index (κ2) is 10.0. The fourth-order valence-corrected chi connectivity index (χ4v) is 4.24. The maximum Gasteiger partial charge on any atom is 0.416 e. The molecule has 0 amide bonds. The zero-order valence-electron chi connectivity index (χ0n) is 14.8. The molecule has 0 heterocycles. The molecule has 0 saturated heterocycles. The summed E-state index contributed by atoms with van der Waals surface area (Å²) >= 11 is 0. The van der Waals surface area contributed by atoms with Crippen molar-refractivity contribution in [1.82, 2.24) is 0 Å². The first-order valence-corrected chi connectivity index (χ1v) is 11.3. The van der Waals surface area contributed by atoms with Gasteiger partial charge in [-0.25, -0.2) is 16.8 Å². The molecule has 0 radical (unpaired) electrons. The standard InChI is InChI=1S/C9H10F3NO2S.C8H11NO2S/c10-9(11,12)7-1-3-8(4-2-7)16(14,15)6-5-13;9-6-7-12(10,11)8-4-2-1-3-5-8/h1-4H,5-6,13H2;1-5H,6-7,9H2. The average Bonchev–Trinajstić information content (AvgIpc) is 2.62. The van der Waals surface area contributed by atoms with Crippen LogP contribution in [0, 0.1) is 0 Å². The molecular formula is C17H21F3N2O4S2. The van der Waals surface area contributed by atoms with E-state index in [1.807, 2.05) is 0 Å². The van der Waals surface area contributed by atoms with Gasteiger partial charge < -0.3 is 11.5 Å². The number of benzene rings is 2. The van der Waals surface area contributed by atoms with E-state index >= 15 is 0 Å². The Morgan fingerprint density at radius 3 is 1.43 bits per heavy atom. The predicted octanol–water partition coefficient (Wildman–Crippen LogP) is 1.86. The van der Waals surface area contributed by atoms with Crippen molar-refractivity contribution in [3.05, 3.63) is 60.2 Å². The summed E-state index contributed by atoms with van der Waals surface area (Å²) in [6.45, 7) is 0.0978. The minimum atomic E-state index is -4.46. The highest BCUT2D eigenvalue weighted by Crippen LogP contribution is 2.29. The molecular weight excluding hydrogens is 417 g/mol. The van der Waals surface area contributed by atoms with Crippen LogP contribution in [-0.2, 0) is 25.9 Å². The van der Waals surface area contributed by atoms with Crippen molar-refractivity contribution in [3.8, 4) is 0 Å². The van der Waals surface area contributed by atoms with E-state index in [0.29, 0.717) is 4.90 Å². The maximum absolute atomic E-state index is 12.2. The van der Waals surface area contributed by atoms with Gasteiger partial charge in [-0.05, 0) is 36.4 Å². The number of hydrogen-bond donors (Lipinski definition) is 2. The highest BCUT2D eigenvalue weighted by molar-refractivity contribution is 7.91. The van der Waals surface area contributed by atoms with Gasteiger partial charge in [-0.3, -0.25) is 0 Å². The molecule has 6 nitrogen and oxygen atoms in total. The molecule has 0 fully saturated rings. The van der Waals surface area contributed by atoms with Gasteiger partial charge in [0.1, 0.15) is 0 Å². The van der Waals surface area contributed by atoms with E-state index in [1.54, 1.807) is 30.3 Å². The Labute approximate surface area is 162 Å². The van der Waals surface area contributed by atoms with E-state index in [9.17, 15) is 30.0 Å². The van der Waals surface area contributed by atoms with Crippen LogP contribution in [0.1, 0.15) is 5.56 Å². The molecule has 2 aromatic rings. The van der Waals surface area contributed by atoms with E-state index in [0.717, 1.165) is 24.3 Å². The summed E-state index contributed by atoms with van der Waals surface area (Å²) in [6, 6.07) is 11.7. The van der Waals surface area contributed by atoms with Crippen molar-refractivity contribution in [2.24, 2.45) is 11.5 Å². The Kier molecular flexibility index (Phi) is 8.61. The Balaban J connectivity index is 0.000000292. The molecule has 0 aliphatic rings. The normalized spacial score (nSPS) is 12.2. The van der Waals surface area contributed by atoms with Gasteiger partial charge in [0.25, 0.3) is 0 Å².